The monoisotopic (exact) mass is 193 g/mol. The largest absolute Gasteiger partial charge is 0.307 e. The summed E-state index contributed by atoms with van der Waals surface area (Å²) in [6.45, 7) is 7.42. The van der Waals surface area contributed by atoms with Gasteiger partial charge in [-0.3, -0.25) is 0 Å². The van der Waals surface area contributed by atoms with Gasteiger partial charge in [0.05, 0.1) is 6.54 Å². The first kappa shape index (κ1) is 11.1. The molecule has 1 N–H and O–H groups in total. The molecular formula is C11H19N3. The van der Waals surface area contributed by atoms with Crippen LogP contribution in [0.15, 0.2) is 18.5 Å². The van der Waals surface area contributed by atoms with Crippen LogP contribution in [0.4, 0.5) is 0 Å². The summed E-state index contributed by atoms with van der Waals surface area (Å²) >= 11 is 0. The maximum atomic E-state index is 4.16. The molecule has 3 nitrogen and oxygen atoms in total. The van der Waals surface area contributed by atoms with E-state index in [0.717, 1.165) is 18.3 Å². The Morgan fingerprint density at radius 2 is 1.86 bits per heavy atom. The second kappa shape index (κ2) is 5.70. The van der Waals surface area contributed by atoms with Gasteiger partial charge in [0.1, 0.15) is 5.82 Å². The maximum Gasteiger partial charge on any atom is 0.141 e. The van der Waals surface area contributed by atoms with Crippen molar-refractivity contribution in [3.8, 4) is 0 Å². The molecule has 1 atom stereocenters. The molecule has 78 valence electrons. The van der Waals surface area contributed by atoms with Crippen LogP contribution in [0, 0.1) is 5.92 Å². The number of aromatic nitrogens is 2. The van der Waals surface area contributed by atoms with E-state index in [1.54, 1.807) is 12.4 Å². The van der Waals surface area contributed by atoms with Crippen LogP contribution in [-0.2, 0) is 6.54 Å². The Kier molecular flexibility index (Phi) is 4.53. The second-order valence-electron chi connectivity index (χ2n) is 4.08. The van der Waals surface area contributed by atoms with E-state index in [1.807, 2.05) is 6.07 Å². The first-order chi connectivity index (χ1) is 6.68. The summed E-state index contributed by atoms with van der Waals surface area (Å²) in [4.78, 5) is 8.31. The van der Waals surface area contributed by atoms with Gasteiger partial charge in [-0.2, -0.15) is 0 Å². The van der Waals surface area contributed by atoms with Crippen molar-refractivity contribution in [2.45, 2.75) is 39.8 Å². The van der Waals surface area contributed by atoms with Crippen LogP contribution < -0.4 is 5.32 Å². The van der Waals surface area contributed by atoms with Crippen LogP contribution in [-0.4, -0.2) is 16.0 Å². The van der Waals surface area contributed by atoms with Gasteiger partial charge in [-0.15, -0.1) is 0 Å². The summed E-state index contributed by atoms with van der Waals surface area (Å²) in [5.41, 5.74) is 0. The van der Waals surface area contributed by atoms with Gasteiger partial charge in [-0.25, -0.2) is 9.97 Å². The van der Waals surface area contributed by atoms with Crippen LogP contribution in [0.25, 0.3) is 0 Å². The molecule has 0 amide bonds. The van der Waals surface area contributed by atoms with E-state index in [-0.39, 0.29) is 0 Å². The van der Waals surface area contributed by atoms with Gasteiger partial charge in [-0.05, 0) is 25.3 Å². The zero-order chi connectivity index (χ0) is 10.4. The van der Waals surface area contributed by atoms with Gasteiger partial charge >= 0.3 is 0 Å². The zero-order valence-electron chi connectivity index (χ0n) is 9.20. The lowest BCUT2D eigenvalue weighted by Crippen LogP contribution is -2.27. The fourth-order valence-corrected chi connectivity index (χ4v) is 1.48. The van der Waals surface area contributed by atoms with Gasteiger partial charge in [-0.1, -0.05) is 13.8 Å². The minimum absolute atomic E-state index is 0.527. The van der Waals surface area contributed by atoms with Crippen LogP contribution in [0.1, 0.15) is 33.0 Å². The van der Waals surface area contributed by atoms with Crippen molar-refractivity contribution in [1.82, 2.24) is 15.3 Å². The SMILES string of the molecule is CC(C)CC(C)NCc1ncccn1. The predicted octanol–water partition coefficient (Wildman–Crippen LogP) is 2.00. The van der Waals surface area contributed by atoms with E-state index in [4.69, 9.17) is 0 Å². The van der Waals surface area contributed by atoms with Crippen molar-refractivity contribution < 1.29 is 0 Å². The number of hydrogen-bond acceptors (Lipinski definition) is 3. The Labute approximate surface area is 86.0 Å². The summed E-state index contributed by atoms with van der Waals surface area (Å²) in [6, 6.07) is 2.36. The van der Waals surface area contributed by atoms with E-state index in [2.05, 4.69) is 36.1 Å². The lowest BCUT2D eigenvalue weighted by molar-refractivity contribution is 0.437. The van der Waals surface area contributed by atoms with E-state index in [1.165, 1.54) is 6.42 Å². The highest BCUT2D eigenvalue weighted by Crippen LogP contribution is 2.03. The molecule has 0 saturated heterocycles. The third-order valence-electron chi connectivity index (χ3n) is 2.05. The van der Waals surface area contributed by atoms with Crippen molar-refractivity contribution in [2.24, 2.45) is 5.92 Å². The summed E-state index contributed by atoms with van der Waals surface area (Å²) in [5, 5.41) is 3.41. The molecule has 0 bridgehead atoms. The third-order valence-corrected chi connectivity index (χ3v) is 2.05. The molecule has 0 aromatic carbocycles. The number of nitrogens with zero attached hydrogens (tertiary/aromatic N) is 2. The predicted molar refractivity (Wildman–Crippen MR) is 57.8 cm³/mol. The van der Waals surface area contributed by atoms with E-state index >= 15 is 0 Å². The van der Waals surface area contributed by atoms with Crippen molar-refractivity contribution in [3.05, 3.63) is 24.3 Å². The highest BCUT2D eigenvalue weighted by Gasteiger charge is 2.04. The Morgan fingerprint density at radius 3 is 2.43 bits per heavy atom. The van der Waals surface area contributed by atoms with Crippen LogP contribution in [0.3, 0.4) is 0 Å². The van der Waals surface area contributed by atoms with E-state index < -0.39 is 0 Å². The first-order valence-corrected chi connectivity index (χ1v) is 5.17. The molecule has 1 heterocycles. The van der Waals surface area contributed by atoms with E-state index in [9.17, 15) is 0 Å². The molecule has 0 spiro atoms. The molecule has 1 aromatic heterocycles. The molecule has 0 aliphatic carbocycles. The van der Waals surface area contributed by atoms with Gasteiger partial charge in [0.15, 0.2) is 0 Å². The first-order valence-electron chi connectivity index (χ1n) is 5.17. The summed E-state index contributed by atoms with van der Waals surface area (Å²) < 4.78 is 0. The topological polar surface area (TPSA) is 37.8 Å². The van der Waals surface area contributed by atoms with Gasteiger partial charge in [0.2, 0.25) is 0 Å². The van der Waals surface area contributed by atoms with Crippen LogP contribution >= 0.6 is 0 Å². The Hall–Kier alpha value is -0.960. The summed E-state index contributed by atoms with van der Waals surface area (Å²) in [7, 11) is 0. The Balaban J connectivity index is 2.27. The molecule has 0 saturated carbocycles. The average Bonchev–Trinajstić information content (AvgIpc) is 2.15. The van der Waals surface area contributed by atoms with Crippen molar-refractivity contribution in [1.29, 1.82) is 0 Å². The smallest absolute Gasteiger partial charge is 0.141 e. The molecule has 1 unspecified atom stereocenters. The lowest BCUT2D eigenvalue weighted by atomic mass is 10.1. The molecule has 0 aliphatic heterocycles. The summed E-state index contributed by atoms with van der Waals surface area (Å²) in [6.07, 6.45) is 4.74. The van der Waals surface area contributed by atoms with Gasteiger partial charge in [0, 0.05) is 18.4 Å². The second-order valence-corrected chi connectivity index (χ2v) is 4.08. The minimum Gasteiger partial charge on any atom is -0.307 e. The molecule has 0 radical (unpaired) electrons. The standard InChI is InChI=1S/C11H19N3/c1-9(2)7-10(3)14-8-11-12-5-4-6-13-11/h4-6,9-10,14H,7-8H2,1-3H3. The molecular weight excluding hydrogens is 174 g/mol. The average molecular weight is 193 g/mol. The number of rotatable bonds is 5. The van der Waals surface area contributed by atoms with Crippen LogP contribution in [0.5, 0.6) is 0 Å². The van der Waals surface area contributed by atoms with Crippen molar-refractivity contribution >= 4 is 0 Å². The highest BCUT2D eigenvalue weighted by molar-refractivity contribution is 4.88. The number of hydrogen-bond donors (Lipinski definition) is 1. The fraction of sp³-hybridized carbons (Fsp3) is 0.636. The Bertz CT molecular complexity index is 246. The third kappa shape index (κ3) is 4.33. The van der Waals surface area contributed by atoms with Crippen molar-refractivity contribution in [2.75, 3.05) is 0 Å². The lowest BCUT2D eigenvalue weighted by Gasteiger charge is -2.14. The van der Waals surface area contributed by atoms with Crippen LogP contribution in [0.2, 0.25) is 0 Å². The normalized spacial score (nSPS) is 13.1. The van der Waals surface area contributed by atoms with Gasteiger partial charge < -0.3 is 5.32 Å². The zero-order valence-corrected chi connectivity index (χ0v) is 9.20. The molecule has 0 aliphatic rings. The summed E-state index contributed by atoms with van der Waals surface area (Å²) in [5.74, 6) is 1.59. The highest BCUT2D eigenvalue weighted by atomic mass is 15.0. The molecule has 0 fully saturated rings. The fourth-order valence-electron chi connectivity index (χ4n) is 1.48. The number of nitrogens with one attached hydrogen (secondary N) is 1. The van der Waals surface area contributed by atoms with Crippen molar-refractivity contribution in [3.63, 3.8) is 0 Å². The minimum atomic E-state index is 0.527. The molecule has 14 heavy (non-hydrogen) atoms. The maximum absolute atomic E-state index is 4.16. The molecule has 3 heteroatoms. The van der Waals surface area contributed by atoms with E-state index in [0.29, 0.717) is 6.04 Å². The molecule has 1 aromatic rings. The van der Waals surface area contributed by atoms with Gasteiger partial charge in [0.25, 0.3) is 0 Å². The quantitative estimate of drug-likeness (QED) is 0.777. The molecule has 1 rings (SSSR count). The Morgan fingerprint density at radius 1 is 1.21 bits per heavy atom.